The van der Waals surface area contributed by atoms with Crippen LogP contribution >= 0.6 is 0 Å². The van der Waals surface area contributed by atoms with Crippen molar-refractivity contribution in [3.05, 3.63) is 0 Å². The number of aliphatic carboxylic acids is 1. The maximum Gasteiger partial charge on any atom is 0.318 e. The van der Waals surface area contributed by atoms with E-state index < -0.39 is 5.97 Å². The number of nitrogens with one attached hydrogen (secondary N) is 2. The van der Waals surface area contributed by atoms with E-state index in [1.807, 2.05) is 6.92 Å². The number of carbonyl (C=O) groups is 3. The van der Waals surface area contributed by atoms with Gasteiger partial charge in [0.05, 0.1) is 6.54 Å². The minimum atomic E-state index is -0.847. The van der Waals surface area contributed by atoms with E-state index in [1.165, 1.54) is 0 Å². The molecule has 1 unspecified atom stereocenters. The molecule has 0 radical (unpaired) electrons. The molecule has 120 valence electrons. The third-order valence-electron chi connectivity index (χ3n) is 3.55. The molecule has 1 rings (SSSR count). The van der Waals surface area contributed by atoms with Gasteiger partial charge in [-0.3, -0.25) is 9.59 Å². The number of amides is 3. The van der Waals surface area contributed by atoms with Crippen LogP contribution in [0.3, 0.4) is 0 Å². The van der Waals surface area contributed by atoms with Gasteiger partial charge in [-0.2, -0.15) is 0 Å². The second-order valence-electron chi connectivity index (χ2n) is 5.28. The molecule has 7 heteroatoms. The van der Waals surface area contributed by atoms with E-state index in [9.17, 15) is 14.4 Å². The highest BCUT2D eigenvalue weighted by molar-refractivity contribution is 5.84. The van der Waals surface area contributed by atoms with E-state index in [4.69, 9.17) is 5.11 Å². The number of piperidine rings is 1. The molecule has 1 atom stereocenters. The molecule has 3 amide bonds. The summed E-state index contributed by atoms with van der Waals surface area (Å²) in [6.45, 7) is 3.13. The second-order valence-corrected chi connectivity index (χ2v) is 5.28. The Labute approximate surface area is 125 Å². The highest BCUT2D eigenvalue weighted by Crippen LogP contribution is 2.20. The molecule has 7 nitrogen and oxygen atoms in total. The molecule has 1 heterocycles. The van der Waals surface area contributed by atoms with Crippen LogP contribution in [0.5, 0.6) is 0 Å². The average molecular weight is 299 g/mol. The van der Waals surface area contributed by atoms with E-state index >= 15 is 0 Å². The number of likely N-dealkylation sites (tertiary alicyclic amines) is 1. The molecule has 1 fully saturated rings. The molecule has 1 aliphatic heterocycles. The van der Waals surface area contributed by atoms with Gasteiger partial charge < -0.3 is 20.6 Å². The molecule has 1 aliphatic rings. The van der Waals surface area contributed by atoms with Crippen molar-refractivity contribution in [3.63, 3.8) is 0 Å². The van der Waals surface area contributed by atoms with Crippen LogP contribution < -0.4 is 10.6 Å². The van der Waals surface area contributed by atoms with E-state index in [-0.39, 0.29) is 30.9 Å². The quantitative estimate of drug-likeness (QED) is 0.651. The Morgan fingerprint density at radius 3 is 2.67 bits per heavy atom. The number of hydrogen-bond acceptors (Lipinski definition) is 3. The zero-order chi connectivity index (χ0) is 15.7. The van der Waals surface area contributed by atoms with Gasteiger partial charge in [-0.15, -0.1) is 0 Å². The topological polar surface area (TPSA) is 98.7 Å². The van der Waals surface area contributed by atoms with Crippen LogP contribution in [0.4, 0.5) is 4.79 Å². The monoisotopic (exact) mass is 299 g/mol. The zero-order valence-corrected chi connectivity index (χ0v) is 12.6. The van der Waals surface area contributed by atoms with Crippen LogP contribution in [0.15, 0.2) is 0 Å². The van der Waals surface area contributed by atoms with Crippen molar-refractivity contribution in [3.8, 4) is 0 Å². The fraction of sp³-hybridized carbons (Fsp3) is 0.786. The number of urea groups is 1. The Hall–Kier alpha value is -1.79. The summed E-state index contributed by atoms with van der Waals surface area (Å²) in [6.07, 6.45) is 4.12. The smallest absolute Gasteiger partial charge is 0.318 e. The SMILES string of the molecule is CCCNC(=O)CNC(=O)N1CCCCC1CCC(=O)O. The van der Waals surface area contributed by atoms with Gasteiger partial charge in [0.2, 0.25) is 5.91 Å². The van der Waals surface area contributed by atoms with Crippen molar-refractivity contribution in [2.24, 2.45) is 0 Å². The number of carbonyl (C=O) groups excluding carboxylic acids is 2. The third kappa shape index (κ3) is 6.46. The van der Waals surface area contributed by atoms with Crippen molar-refractivity contribution in [1.29, 1.82) is 0 Å². The minimum Gasteiger partial charge on any atom is -0.481 e. The molecular formula is C14H25N3O4. The van der Waals surface area contributed by atoms with Crippen molar-refractivity contribution in [1.82, 2.24) is 15.5 Å². The van der Waals surface area contributed by atoms with Crippen LogP contribution in [-0.2, 0) is 9.59 Å². The summed E-state index contributed by atoms with van der Waals surface area (Å²) in [5.74, 6) is -1.05. The number of carboxylic acid groups (broad SMARTS) is 1. The molecule has 0 bridgehead atoms. The Morgan fingerprint density at radius 1 is 1.24 bits per heavy atom. The van der Waals surface area contributed by atoms with Crippen LogP contribution in [-0.4, -0.2) is 53.6 Å². The first-order valence-electron chi connectivity index (χ1n) is 7.57. The Bertz CT molecular complexity index is 373. The van der Waals surface area contributed by atoms with E-state index in [0.717, 1.165) is 25.7 Å². The van der Waals surface area contributed by atoms with Gasteiger partial charge in [-0.25, -0.2) is 4.79 Å². The van der Waals surface area contributed by atoms with E-state index in [2.05, 4.69) is 10.6 Å². The van der Waals surface area contributed by atoms with Crippen molar-refractivity contribution >= 4 is 17.9 Å². The molecular weight excluding hydrogens is 274 g/mol. The van der Waals surface area contributed by atoms with Gasteiger partial charge in [-0.1, -0.05) is 6.92 Å². The molecule has 0 aromatic rings. The molecule has 0 aliphatic carbocycles. The summed E-state index contributed by atoms with van der Waals surface area (Å²) in [4.78, 5) is 35.9. The fourth-order valence-corrected chi connectivity index (χ4v) is 2.44. The molecule has 3 N–H and O–H groups in total. The van der Waals surface area contributed by atoms with Gasteiger partial charge in [0.25, 0.3) is 0 Å². The van der Waals surface area contributed by atoms with Crippen LogP contribution in [0, 0.1) is 0 Å². The molecule has 1 saturated heterocycles. The number of hydrogen-bond donors (Lipinski definition) is 3. The first-order chi connectivity index (χ1) is 10.0. The number of carboxylic acids is 1. The molecule has 21 heavy (non-hydrogen) atoms. The molecule has 0 aromatic heterocycles. The van der Waals surface area contributed by atoms with Gasteiger partial charge in [0.1, 0.15) is 0 Å². The maximum absolute atomic E-state index is 12.1. The maximum atomic E-state index is 12.1. The lowest BCUT2D eigenvalue weighted by Crippen LogP contribution is -2.50. The number of rotatable bonds is 7. The second kappa shape index (κ2) is 9.20. The third-order valence-corrected chi connectivity index (χ3v) is 3.55. The van der Waals surface area contributed by atoms with Crippen LogP contribution in [0.1, 0.15) is 45.4 Å². The Balaban J connectivity index is 2.41. The van der Waals surface area contributed by atoms with Crippen LogP contribution in [0.25, 0.3) is 0 Å². The summed E-state index contributed by atoms with van der Waals surface area (Å²) in [5.41, 5.74) is 0. The van der Waals surface area contributed by atoms with Crippen LogP contribution in [0.2, 0.25) is 0 Å². The number of nitrogens with zero attached hydrogens (tertiary/aromatic N) is 1. The highest BCUT2D eigenvalue weighted by Gasteiger charge is 2.27. The lowest BCUT2D eigenvalue weighted by Gasteiger charge is -2.35. The summed E-state index contributed by atoms with van der Waals surface area (Å²) in [6, 6.07) is -0.328. The molecule has 0 saturated carbocycles. The Kier molecular flexibility index (Phi) is 7.56. The Morgan fingerprint density at radius 2 is 2.00 bits per heavy atom. The largest absolute Gasteiger partial charge is 0.481 e. The van der Waals surface area contributed by atoms with Crippen molar-refractivity contribution < 1.29 is 19.5 Å². The highest BCUT2D eigenvalue weighted by atomic mass is 16.4. The lowest BCUT2D eigenvalue weighted by molar-refractivity contribution is -0.137. The van der Waals surface area contributed by atoms with Gasteiger partial charge in [0, 0.05) is 25.6 Å². The normalized spacial score (nSPS) is 18.1. The molecule has 0 aromatic carbocycles. The summed E-state index contributed by atoms with van der Waals surface area (Å²) < 4.78 is 0. The summed E-state index contributed by atoms with van der Waals surface area (Å²) in [7, 11) is 0. The van der Waals surface area contributed by atoms with E-state index in [1.54, 1.807) is 4.90 Å². The first-order valence-corrected chi connectivity index (χ1v) is 7.57. The standard InChI is InChI=1S/C14H25N3O4/c1-2-8-15-12(18)10-16-14(21)17-9-4-3-5-11(17)6-7-13(19)20/h11H,2-10H2,1H3,(H,15,18)(H,16,21)(H,19,20). The predicted molar refractivity (Wildman–Crippen MR) is 77.9 cm³/mol. The summed E-state index contributed by atoms with van der Waals surface area (Å²) >= 11 is 0. The first kappa shape index (κ1) is 17.3. The van der Waals surface area contributed by atoms with Crippen molar-refractivity contribution in [2.45, 2.75) is 51.5 Å². The van der Waals surface area contributed by atoms with Crippen molar-refractivity contribution in [2.75, 3.05) is 19.6 Å². The minimum absolute atomic E-state index is 0.0407. The summed E-state index contributed by atoms with van der Waals surface area (Å²) in [5, 5.41) is 14.1. The zero-order valence-electron chi connectivity index (χ0n) is 12.6. The predicted octanol–water partition coefficient (Wildman–Crippen LogP) is 0.941. The lowest BCUT2D eigenvalue weighted by atomic mass is 9.98. The fourth-order valence-electron chi connectivity index (χ4n) is 2.44. The van der Waals surface area contributed by atoms with Gasteiger partial charge in [0.15, 0.2) is 0 Å². The molecule has 0 spiro atoms. The average Bonchev–Trinajstić information content (AvgIpc) is 2.48. The van der Waals surface area contributed by atoms with E-state index in [0.29, 0.717) is 19.5 Å². The van der Waals surface area contributed by atoms with Gasteiger partial charge >= 0.3 is 12.0 Å². The van der Waals surface area contributed by atoms with Gasteiger partial charge in [-0.05, 0) is 32.1 Å².